The van der Waals surface area contributed by atoms with Crippen LogP contribution in [0.5, 0.6) is 0 Å². The first-order valence-corrected chi connectivity index (χ1v) is 8.75. The molecule has 0 aliphatic carbocycles. The summed E-state index contributed by atoms with van der Waals surface area (Å²) in [6.45, 7) is 2.04. The summed E-state index contributed by atoms with van der Waals surface area (Å²) in [6, 6.07) is 23.8. The highest BCUT2D eigenvalue weighted by atomic mass is 16.3. The van der Waals surface area contributed by atoms with E-state index in [4.69, 9.17) is 14.4 Å². The fraction of sp³-hybridized carbons (Fsp3) is 0.0909. The molecular weight excluding hydrogens is 336 g/mol. The van der Waals surface area contributed by atoms with Gasteiger partial charge in [0.2, 0.25) is 0 Å². The van der Waals surface area contributed by atoms with Gasteiger partial charge in [-0.3, -0.25) is 4.68 Å². The van der Waals surface area contributed by atoms with Crippen molar-refractivity contribution in [3.8, 4) is 5.69 Å². The van der Waals surface area contributed by atoms with E-state index in [0.717, 1.165) is 28.2 Å². The summed E-state index contributed by atoms with van der Waals surface area (Å²) in [5.74, 6) is 0.704. The quantitative estimate of drug-likeness (QED) is 0.489. The van der Waals surface area contributed by atoms with Crippen molar-refractivity contribution in [2.24, 2.45) is 17.0 Å². The highest BCUT2D eigenvalue weighted by Gasteiger charge is 2.14. The lowest BCUT2D eigenvalue weighted by Gasteiger charge is -2.09. The number of rotatable bonds is 4. The molecule has 134 valence electrons. The maximum atomic E-state index is 5.38. The van der Waals surface area contributed by atoms with Gasteiger partial charge in [0.15, 0.2) is 5.49 Å². The lowest BCUT2D eigenvalue weighted by molar-refractivity contribution is 0.560. The van der Waals surface area contributed by atoms with E-state index in [9.17, 15) is 0 Å². The SMILES string of the molecule is Cc1c(N=Cc2ccco2)c(=Nc2ccccc2)n(-c2ccccc2)n1C. The van der Waals surface area contributed by atoms with Crippen LogP contribution in [-0.2, 0) is 7.05 Å². The standard InChI is InChI=1S/C22H20N4O/c1-17-21(23-16-20-14-9-15-27-20)22(24-18-10-5-3-6-11-18)26(25(17)2)19-12-7-4-8-13-19/h3-16H,1-2H3. The van der Waals surface area contributed by atoms with Crippen LogP contribution in [0.25, 0.3) is 5.69 Å². The van der Waals surface area contributed by atoms with Crippen molar-refractivity contribution in [3.63, 3.8) is 0 Å². The van der Waals surface area contributed by atoms with Gasteiger partial charge in [-0.25, -0.2) is 14.7 Å². The van der Waals surface area contributed by atoms with Crippen molar-refractivity contribution in [2.45, 2.75) is 6.92 Å². The van der Waals surface area contributed by atoms with E-state index in [1.165, 1.54) is 0 Å². The molecule has 0 N–H and O–H groups in total. The van der Waals surface area contributed by atoms with Gasteiger partial charge in [0.1, 0.15) is 11.4 Å². The third-order valence-electron chi connectivity index (χ3n) is 4.40. The Morgan fingerprint density at radius 2 is 1.59 bits per heavy atom. The molecule has 4 rings (SSSR count). The van der Waals surface area contributed by atoms with Gasteiger partial charge in [-0.15, -0.1) is 0 Å². The first kappa shape index (κ1) is 16.8. The van der Waals surface area contributed by atoms with Crippen LogP contribution in [0.3, 0.4) is 0 Å². The molecule has 0 aliphatic heterocycles. The molecule has 0 spiro atoms. The van der Waals surface area contributed by atoms with E-state index in [1.807, 2.05) is 74.6 Å². The van der Waals surface area contributed by atoms with Crippen LogP contribution in [0.15, 0.2) is 93.5 Å². The van der Waals surface area contributed by atoms with Crippen molar-refractivity contribution in [2.75, 3.05) is 0 Å². The second-order valence-electron chi connectivity index (χ2n) is 6.15. The predicted molar refractivity (Wildman–Crippen MR) is 107 cm³/mol. The minimum atomic E-state index is 0.704. The van der Waals surface area contributed by atoms with Crippen LogP contribution in [0.1, 0.15) is 11.5 Å². The number of hydrogen-bond acceptors (Lipinski definition) is 3. The average Bonchev–Trinajstić information content (AvgIpc) is 3.30. The third kappa shape index (κ3) is 3.40. The monoisotopic (exact) mass is 356 g/mol. The van der Waals surface area contributed by atoms with Crippen LogP contribution in [0, 0.1) is 6.92 Å². The lowest BCUT2D eigenvalue weighted by atomic mass is 10.3. The molecule has 0 amide bonds. The number of nitrogens with zero attached hydrogens (tertiary/aromatic N) is 4. The van der Waals surface area contributed by atoms with Crippen LogP contribution in [0.2, 0.25) is 0 Å². The van der Waals surface area contributed by atoms with E-state index in [2.05, 4.69) is 21.5 Å². The van der Waals surface area contributed by atoms with Gasteiger partial charge in [0.25, 0.3) is 0 Å². The molecule has 2 aromatic carbocycles. The number of aliphatic imine (C=N–C) groups is 1. The molecule has 0 atom stereocenters. The van der Waals surface area contributed by atoms with E-state index in [1.54, 1.807) is 12.5 Å². The van der Waals surface area contributed by atoms with Gasteiger partial charge < -0.3 is 4.42 Å². The van der Waals surface area contributed by atoms with Crippen LogP contribution >= 0.6 is 0 Å². The molecule has 27 heavy (non-hydrogen) atoms. The summed E-state index contributed by atoms with van der Waals surface area (Å²) < 4.78 is 9.51. The number of aromatic nitrogens is 2. The van der Waals surface area contributed by atoms with E-state index < -0.39 is 0 Å². The molecule has 0 aliphatic rings. The first-order chi connectivity index (χ1) is 13.2. The highest BCUT2D eigenvalue weighted by Crippen LogP contribution is 2.19. The molecule has 0 saturated heterocycles. The maximum absolute atomic E-state index is 5.38. The summed E-state index contributed by atoms with van der Waals surface area (Å²) in [6.07, 6.45) is 3.36. The summed E-state index contributed by atoms with van der Waals surface area (Å²) >= 11 is 0. The molecule has 5 nitrogen and oxygen atoms in total. The predicted octanol–water partition coefficient (Wildman–Crippen LogP) is 4.70. The molecule has 2 heterocycles. The van der Waals surface area contributed by atoms with Crippen molar-refractivity contribution in [3.05, 3.63) is 96.0 Å². The zero-order chi connectivity index (χ0) is 18.6. The molecule has 0 saturated carbocycles. The normalized spacial score (nSPS) is 12.1. The maximum Gasteiger partial charge on any atom is 0.180 e. The Labute approximate surface area is 157 Å². The molecule has 0 radical (unpaired) electrons. The largest absolute Gasteiger partial charge is 0.463 e. The zero-order valence-electron chi connectivity index (χ0n) is 15.3. The van der Waals surface area contributed by atoms with Crippen molar-refractivity contribution < 1.29 is 4.42 Å². The van der Waals surface area contributed by atoms with Gasteiger partial charge in [-0.2, -0.15) is 0 Å². The fourth-order valence-electron chi connectivity index (χ4n) is 2.94. The number of hydrogen-bond donors (Lipinski definition) is 0. The van der Waals surface area contributed by atoms with E-state index in [0.29, 0.717) is 5.76 Å². The van der Waals surface area contributed by atoms with Gasteiger partial charge in [-0.1, -0.05) is 36.4 Å². The lowest BCUT2D eigenvalue weighted by Crippen LogP contribution is -2.20. The minimum Gasteiger partial charge on any atom is -0.463 e. The van der Waals surface area contributed by atoms with E-state index >= 15 is 0 Å². The van der Waals surface area contributed by atoms with Gasteiger partial charge in [0, 0.05) is 7.05 Å². The molecule has 0 unspecified atom stereocenters. The second kappa shape index (κ2) is 7.33. The Morgan fingerprint density at radius 3 is 2.26 bits per heavy atom. The first-order valence-electron chi connectivity index (χ1n) is 8.75. The molecule has 5 heteroatoms. The summed E-state index contributed by atoms with van der Waals surface area (Å²) in [5.41, 5.74) is 4.49. The summed E-state index contributed by atoms with van der Waals surface area (Å²) in [7, 11) is 2.01. The number of furan rings is 1. The Kier molecular flexibility index (Phi) is 4.58. The third-order valence-corrected chi connectivity index (χ3v) is 4.40. The summed E-state index contributed by atoms with van der Waals surface area (Å²) in [4.78, 5) is 9.59. The zero-order valence-corrected chi connectivity index (χ0v) is 15.3. The average molecular weight is 356 g/mol. The van der Waals surface area contributed by atoms with Crippen LogP contribution in [0.4, 0.5) is 11.4 Å². The molecule has 0 fully saturated rings. The molecule has 2 aromatic heterocycles. The second-order valence-corrected chi connectivity index (χ2v) is 6.15. The smallest absolute Gasteiger partial charge is 0.180 e. The van der Waals surface area contributed by atoms with Gasteiger partial charge in [-0.05, 0) is 43.3 Å². The van der Waals surface area contributed by atoms with E-state index in [-0.39, 0.29) is 0 Å². The Hall–Kier alpha value is -3.60. The fourth-order valence-corrected chi connectivity index (χ4v) is 2.94. The van der Waals surface area contributed by atoms with Crippen LogP contribution in [-0.4, -0.2) is 15.6 Å². The van der Waals surface area contributed by atoms with Gasteiger partial charge in [0.05, 0.1) is 29.5 Å². The van der Waals surface area contributed by atoms with Gasteiger partial charge >= 0.3 is 0 Å². The molecule has 0 bridgehead atoms. The Morgan fingerprint density at radius 1 is 0.889 bits per heavy atom. The van der Waals surface area contributed by atoms with Crippen molar-refractivity contribution >= 4 is 17.6 Å². The number of benzene rings is 2. The van der Waals surface area contributed by atoms with Crippen molar-refractivity contribution in [1.82, 2.24) is 9.36 Å². The molecule has 4 aromatic rings. The highest BCUT2D eigenvalue weighted by molar-refractivity contribution is 5.78. The Bertz CT molecular complexity index is 1120. The minimum absolute atomic E-state index is 0.704. The van der Waals surface area contributed by atoms with Crippen molar-refractivity contribution in [1.29, 1.82) is 0 Å². The molecular formula is C22H20N4O. The topological polar surface area (TPSA) is 47.7 Å². The van der Waals surface area contributed by atoms with Crippen LogP contribution < -0.4 is 5.49 Å². The summed E-state index contributed by atoms with van der Waals surface area (Å²) in [5, 5.41) is 0. The number of para-hydroxylation sites is 2. The Balaban J connectivity index is 1.97.